The average Bonchev–Trinajstić information content (AvgIpc) is 2.93. The highest BCUT2D eigenvalue weighted by atomic mass is 16.4. The number of nitrogens with zero attached hydrogens (tertiary/aromatic N) is 1. The van der Waals surface area contributed by atoms with Gasteiger partial charge >= 0.3 is 7.12 Å². The molecule has 0 unspecified atom stereocenters. The molecule has 0 fully saturated rings. The van der Waals surface area contributed by atoms with Crippen molar-refractivity contribution in [1.82, 2.24) is 0 Å². The molecule has 0 saturated heterocycles. The quantitative estimate of drug-likeness (QED) is 0.275. The summed E-state index contributed by atoms with van der Waals surface area (Å²) in [6, 6.07) is 45.8. The predicted molar refractivity (Wildman–Crippen MR) is 151 cm³/mol. The molecule has 0 aromatic heterocycles. The second kappa shape index (κ2) is 9.35. The van der Waals surface area contributed by atoms with Gasteiger partial charge in [0, 0.05) is 17.1 Å². The van der Waals surface area contributed by atoms with Crippen LogP contribution in [0, 0.1) is 0 Å². The molecule has 4 heteroatoms. The lowest BCUT2D eigenvalue weighted by Crippen LogP contribution is -2.29. The first kappa shape index (κ1) is 22.1. The molecule has 0 aliphatic heterocycles. The summed E-state index contributed by atoms with van der Waals surface area (Å²) < 4.78 is 0. The summed E-state index contributed by atoms with van der Waals surface area (Å²) in [6.45, 7) is 0. The number of anilines is 3. The normalized spacial score (nSPS) is 11.1. The van der Waals surface area contributed by atoms with E-state index in [-0.39, 0.29) is 0 Å². The molecule has 36 heavy (non-hydrogen) atoms. The fourth-order valence-electron chi connectivity index (χ4n) is 4.73. The molecule has 0 amide bonds. The topological polar surface area (TPSA) is 43.7 Å². The molecule has 0 aliphatic carbocycles. The molecule has 0 bridgehead atoms. The smallest absolute Gasteiger partial charge is 0.423 e. The average molecular weight is 465 g/mol. The Bertz CT molecular complexity index is 1580. The Balaban J connectivity index is 1.44. The van der Waals surface area contributed by atoms with Crippen LogP contribution in [0.4, 0.5) is 17.1 Å². The Hall–Kier alpha value is -4.38. The zero-order valence-corrected chi connectivity index (χ0v) is 19.6. The van der Waals surface area contributed by atoms with Crippen molar-refractivity contribution in [1.29, 1.82) is 0 Å². The summed E-state index contributed by atoms with van der Waals surface area (Å²) in [5.41, 5.74) is 5.82. The molecule has 6 aromatic carbocycles. The highest BCUT2D eigenvalue weighted by Gasteiger charge is 2.15. The lowest BCUT2D eigenvalue weighted by molar-refractivity contribution is 0.426. The number of rotatable bonds is 5. The lowest BCUT2D eigenvalue weighted by atomic mass is 9.80. The second-order valence-corrected chi connectivity index (χ2v) is 8.94. The summed E-state index contributed by atoms with van der Waals surface area (Å²) in [5.74, 6) is 0. The Morgan fingerprint density at radius 2 is 0.833 bits per heavy atom. The van der Waals surface area contributed by atoms with E-state index in [1.54, 1.807) is 12.1 Å². The first-order valence-corrected chi connectivity index (χ1v) is 12.0. The summed E-state index contributed by atoms with van der Waals surface area (Å²) in [7, 11) is -1.46. The van der Waals surface area contributed by atoms with Gasteiger partial charge in [0.1, 0.15) is 0 Å². The van der Waals surface area contributed by atoms with E-state index >= 15 is 0 Å². The predicted octanol–water partition coefficient (Wildman–Crippen LogP) is 6.81. The minimum atomic E-state index is -1.46. The molecular weight excluding hydrogens is 441 g/mol. The van der Waals surface area contributed by atoms with Gasteiger partial charge in [-0.15, -0.1) is 0 Å². The van der Waals surface area contributed by atoms with E-state index in [0.29, 0.717) is 5.46 Å². The van der Waals surface area contributed by atoms with Crippen LogP contribution >= 0.6 is 0 Å². The van der Waals surface area contributed by atoms with Gasteiger partial charge in [0.15, 0.2) is 0 Å². The third kappa shape index (κ3) is 4.24. The summed E-state index contributed by atoms with van der Waals surface area (Å²) in [4.78, 5) is 2.29. The molecule has 6 aromatic rings. The Morgan fingerprint density at radius 3 is 1.31 bits per heavy atom. The monoisotopic (exact) mass is 465 g/mol. The van der Waals surface area contributed by atoms with Crippen LogP contribution in [0.2, 0.25) is 0 Å². The highest BCUT2D eigenvalue weighted by molar-refractivity contribution is 6.58. The van der Waals surface area contributed by atoms with Gasteiger partial charge in [-0.25, -0.2) is 0 Å². The van der Waals surface area contributed by atoms with Crippen molar-refractivity contribution >= 4 is 51.2 Å². The molecule has 0 saturated carbocycles. The van der Waals surface area contributed by atoms with Crippen molar-refractivity contribution in [3.8, 4) is 11.1 Å². The maximum absolute atomic E-state index is 9.38. The van der Waals surface area contributed by atoms with Crippen molar-refractivity contribution in [2.75, 3.05) is 4.90 Å². The van der Waals surface area contributed by atoms with Crippen LogP contribution in [-0.4, -0.2) is 17.2 Å². The summed E-state index contributed by atoms with van der Waals surface area (Å²) in [6.07, 6.45) is 0. The third-order valence-corrected chi connectivity index (χ3v) is 6.65. The number of hydrogen-bond donors (Lipinski definition) is 2. The molecule has 0 atom stereocenters. The van der Waals surface area contributed by atoms with Crippen molar-refractivity contribution in [2.24, 2.45) is 0 Å². The van der Waals surface area contributed by atoms with Gasteiger partial charge in [-0.1, -0.05) is 97.1 Å². The van der Waals surface area contributed by atoms with Crippen LogP contribution in [0.1, 0.15) is 0 Å². The van der Waals surface area contributed by atoms with Gasteiger partial charge in [0.2, 0.25) is 0 Å². The van der Waals surface area contributed by atoms with Crippen LogP contribution in [-0.2, 0) is 0 Å². The number of benzene rings is 6. The van der Waals surface area contributed by atoms with Crippen LogP contribution < -0.4 is 10.4 Å². The van der Waals surface area contributed by atoms with E-state index in [1.165, 1.54) is 21.5 Å². The van der Waals surface area contributed by atoms with Gasteiger partial charge < -0.3 is 14.9 Å². The SMILES string of the molecule is OB(O)c1ccc(-c2ccc(N(c3ccc4ccccc4c3)c3ccc4ccccc4c3)cc2)cc1. The second-order valence-electron chi connectivity index (χ2n) is 8.94. The van der Waals surface area contributed by atoms with E-state index in [9.17, 15) is 10.0 Å². The Kier molecular flexibility index (Phi) is 5.74. The van der Waals surface area contributed by atoms with E-state index in [0.717, 1.165) is 28.2 Å². The molecule has 0 spiro atoms. The fourth-order valence-corrected chi connectivity index (χ4v) is 4.73. The first-order valence-electron chi connectivity index (χ1n) is 12.0. The molecule has 172 valence electrons. The van der Waals surface area contributed by atoms with Crippen LogP contribution in [0.5, 0.6) is 0 Å². The molecule has 6 rings (SSSR count). The molecular formula is C32H24BNO2. The van der Waals surface area contributed by atoms with Crippen molar-refractivity contribution < 1.29 is 10.0 Å². The minimum Gasteiger partial charge on any atom is -0.423 e. The van der Waals surface area contributed by atoms with E-state index in [2.05, 4.69) is 114 Å². The van der Waals surface area contributed by atoms with Crippen molar-refractivity contribution in [3.05, 3.63) is 133 Å². The maximum atomic E-state index is 9.38. The molecule has 0 radical (unpaired) electrons. The number of hydrogen-bond acceptors (Lipinski definition) is 3. The molecule has 0 aliphatic rings. The molecule has 3 nitrogen and oxygen atoms in total. The minimum absolute atomic E-state index is 0.481. The zero-order valence-electron chi connectivity index (χ0n) is 19.6. The van der Waals surface area contributed by atoms with Gasteiger partial charge in [-0.2, -0.15) is 0 Å². The third-order valence-electron chi connectivity index (χ3n) is 6.65. The van der Waals surface area contributed by atoms with E-state index < -0.39 is 7.12 Å². The lowest BCUT2D eigenvalue weighted by Gasteiger charge is -2.26. The van der Waals surface area contributed by atoms with Crippen LogP contribution in [0.25, 0.3) is 32.7 Å². The Morgan fingerprint density at radius 1 is 0.417 bits per heavy atom. The maximum Gasteiger partial charge on any atom is 0.488 e. The van der Waals surface area contributed by atoms with Crippen LogP contribution in [0.15, 0.2) is 133 Å². The van der Waals surface area contributed by atoms with E-state index in [1.807, 2.05) is 12.1 Å². The zero-order chi connectivity index (χ0) is 24.5. The molecule has 0 heterocycles. The molecule has 2 N–H and O–H groups in total. The Labute approximate surface area is 210 Å². The highest BCUT2D eigenvalue weighted by Crippen LogP contribution is 2.38. The van der Waals surface area contributed by atoms with Crippen molar-refractivity contribution in [2.45, 2.75) is 0 Å². The van der Waals surface area contributed by atoms with Crippen molar-refractivity contribution in [3.63, 3.8) is 0 Å². The number of fused-ring (bicyclic) bond motifs is 2. The van der Waals surface area contributed by atoms with Gasteiger partial charge in [-0.3, -0.25) is 0 Å². The van der Waals surface area contributed by atoms with Gasteiger partial charge in [-0.05, 0) is 74.5 Å². The fraction of sp³-hybridized carbons (Fsp3) is 0. The largest absolute Gasteiger partial charge is 0.488 e. The van der Waals surface area contributed by atoms with Gasteiger partial charge in [0.05, 0.1) is 0 Å². The summed E-state index contributed by atoms with van der Waals surface area (Å²) >= 11 is 0. The standard InChI is InChI=1S/C32H24BNO2/c35-33(36)29-15-9-25(10-16-29)26-11-17-30(18-12-26)34(31-19-13-23-5-1-3-7-27(23)21-31)32-20-14-24-6-2-4-8-28(24)22-32/h1-22,35-36H. The van der Waals surface area contributed by atoms with Crippen LogP contribution in [0.3, 0.4) is 0 Å². The van der Waals surface area contributed by atoms with Gasteiger partial charge in [0.25, 0.3) is 0 Å². The summed E-state index contributed by atoms with van der Waals surface area (Å²) in [5, 5.41) is 23.6. The first-order chi connectivity index (χ1) is 17.7. The van der Waals surface area contributed by atoms with E-state index in [4.69, 9.17) is 0 Å².